The predicted molar refractivity (Wildman–Crippen MR) is 104 cm³/mol. The minimum atomic E-state index is -0.507. The molecule has 1 fully saturated rings. The zero-order valence-corrected chi connectivity index (χ0v) is 16.2. The summed E-state index contributed by atoms with van der Waals surface area (Å²) in [5.41, 5.74) is 1.28. The van der Waals surface area contributed by atoms with Crippen molar-refractivity contribution < 1.29 is 23.1 Å². The van der Waals surface area contributed by atoms with Crippen LogP contribution < -0.4 is 15.2 Å². The number of piperidine rings is 1. The first-order chi connectivity index (χ1) is 14.0. The number of aromatic nitrogens is 1. The Morgan fingerprint density at radius 2 is 1.72 bits per heavy atom. The van der Waals surface area contributed by atoms with E-state index in [4.69, 9.17) is 13.9 Å². The molecule has 29 heavy (non-hydrogen) atoms. The van der Waals surface area contributed by atoms with E-state index in [1.807, 2.05) is 0 Å². The van der Waals surface area contributed by atoms with Gasteiger partial charge >= 0.3 is 5.76 Å². The Morgan fingerprint density at radius 1 is 1.07 bits per heavy atom. The zero-order valence-electron chi connectivity index (χ0n) is 16.2. The zero-order chi connectivity index (χ0) is 20.5. The molecule has 2 heterocycles. The highest BCUT2D eigenvalue weighted by Gasteiger charge is 2.28. The highest BCUT2D eigenvalue weighted by atomic mass is 19.1. The Bertz CT molecular complexity index is 1090. The van der Waals surface area contributed by atoms with Gasteiger partial charge in [-0.2, -0.15) is 0 Å². The molecule has 0 atom stereocenters. The Hall–Kier alpha value is -3.29. The molecular weight excluding hydrogens is 379 g/mol. The second-order valence-corrected chi connectivity index (χ2v) is 6.97. The van der Waals surface area contributed by atoms with Crippen LogP contribution in [0.4, 0.5) is 4.39 Å². The van der Waals surface area contributed by atoms with Crippen molar-refractivity contribution in [2.75, 3.05) is 27.3 Å². The molecule has 1 aromatic heterocycles. The topological polar surface area (TPSA) is 73.9 Å². The van der Waals surface area contributed by atoms with E-state index in [0.717, 1.165) is 0 Å². The Morgan fingerprint density at radius 3 is 2.34 bits per heavy atom. The number of amides is 1. The van der Waals surface area contributed by atoms with E-state index in [-0.39, 0.29) is 11.9 Å². The fourth-order valence-corrected chi connectivity index (χ4v) is 3.79. The molecule has 0 spiro atoms. The summed E-state index contributed by atoms with van der Waals surface area (Å²) < 4.78 is 30.8. The van der Waals surface area contributed by atoms with Gasteiger partial charge < -0.3 is 18.8 Å². The van der Waals surface area contributed by atoms with Gasteiger partial charge in [0.15, 0.2) is 5.58 Å². The number of carbonyl (C=O) groups is 1. The lowest BCUT2D eigenvalue weighted by atomic mass is 10.0. The molecular formula is C21H21FN2O5. The van der Waals surface area contributed by atoms with Crippen molar-refractivity contribution in [3.63, 3.8) is 0 Å². The van der Waals surface area contributed by atoms with E-state index in [2.05, 4.69) is 0 Å². The van der Waals surface area contributed by atoms with Crippen LogP contribution in [0.25, 0.3) is 11.1 Å². The van der Waals surface area contributed by atoms with Gasteiger partial charge in [0.1, 0.15) is 17.3 Å². The third-order valence-corrected chi connectivity index (χ3v) is 5.29. The van der Waals surface area contributed by atoms with Crippen LogP contribution in [0.3, 0.4) is 0 Å². The normalized spacial score (nSPS) is 14.9. The fourth-order valence-electron chi connectivity index (χ4n) is 3.79. The summed E-state index contributed by atoms with van der Waals surface area (Å²) in [5.74, 6) is 0.0256. The standard InChI is InChI=1S/C21H21FN2O5/c1-27-16-9-13(10-17(12-16)28-2)20(25)23-7-5-15(6-8-23)24-18-11-14(22)3-4-19(18)29-21(24)26/h3-4,9-12,15H,5-8H2,1-2H3. The van der Waals surface area contributed by atoms with E-state index >= 15 is 0 Å². The van der Waals surface area contributed by atoms with Crippen molar-refractivity contribution in [2.45, 2.75) is 18.9 Å². The van der Waals surface area contributed by atoms with Gasteiger partial charge in [-0.3, -0.25) is 9.36 Å². The number of benzene rings is 2. The molecule has 4 rings (SSSR count). The smallest absolute Gasteiger partial charge is 0.420 e. The Balaban J connectivity index is 1.53. The Kier molecular flexibility index (Phi) is 5.00. The van der Waals surface area contributed by atoms with Crippen molar-refractivity contribution in [3.05, 3.63) is 58.3 Å². The highest BCUT2D eigenvalue weighted by molar-refractivity contribution is 5.95. The van der Waals surface area contributed by atoms with Gasteiger partial charge in [0, 0.05) is 36.8 Å². The molecule has 0 aliphatic carbocycles. The number of hydrogen-bond acceptors (Lipinski definition) is 5. The Labute approximate surface area is 166 Å². The lowest BCUT2D eigenvalue weighted by Crippen LogP contribution is -2.40. The minimum absolute atomic E-state index is 0.129. The maximum atomic E-state index is 13.6. The number of halogens is 1. The first-order valence-electron chi connectivity index (χ1n) is 9.33. The average Bonchev–Trinajstić information content (AvgIpc) is 3.07. The maximum absolute atomic E-state index is 13.6. The number of fused-ring (bicyclic) bond motifs is 1. The molecule has 0 radical (unpaired) electrons. The molecule has 0 N–H and O–H groups in total. The van der Waals surface area contributed by atoms with Crippen molar-refractivity contribution in [3.8, 4) is 11.5 Å². The van der Waals surface area contributed by atoms with Crippen LogP contribution in [-0.2, 0) is 0 Å². The number of likely N-dealkylation sites (tertiary alicyclic amines) is 1. The van der Waals surface area contributed by atoms with E-state index in [9.17, 15) is 14.0 Å². The van der Waals surface area contributed by atoms with Gasteiger partial charge in [0.05, 0.1) is 19.7 Å². The largest absolute Gasteiger partial charge is 0.497 e. The second kappa shape index (κ2) is 7.62. The summed E-state index contributed by atoms with van der Waals surface area (Å²) in [6.45, 7) is 0.939. The summed E-state index contributed by atoms with van der Waals surface area (Å²) >= 11 is 0. The van der Waals surface area contributed by atoms with Crippen molar-refractivity contribution in [2.24, 2.45) is 0 Å². The van der Waals surface area contributed by atoms with Crippen LogP contribution in [0.5, 0.6) is 11.5 Å². The molecule has 0 saturated carbocycles. The summed E-state index contributed by atoms with van der Waals surface area (Å²) in [6, 6.07) is 8.92. The molecule has 7 nitrogen and oxygen atoms in total. The lowest BCUT2D eigenvalue weighted by molar-refractivity contribution is 0.0693. The molecule has 8 heteroatoms. The molecule has 1 aliphatic heterocycles. The number of rotatable bonds is 4. The summed E-state index contributed by atoms with van der Waals surface area (Å²) in [5, 5.41) is 0. The van der Waals surface area contributed by atoms with Crippen molar-refractivity contribution in [1.29, 1.82) is 0 Å². The maximum Gasteiger partial charge on any atom is 0.420 e. The first-order valence-corrected chi connectivity index (χ1v) is 9.33. The minimum Gasteiger partial charge on any atom is -0.497 e. The number of hydrogen-bond donors (Lipinski definition) is 0. The van der Waals surface area contributed by atoms with E-state index in [1.165, 1.54) is 37.0 Å². The SMILES string of the molecule is COc1cc(OC)cc(C(=O)N2CCC(n3c(=O)oc4ccc(F)cc43)CC2)c1. The summed E-state index contributed by atoms with van der Waals surface area (Å²) in [6.07, 6.45) is 1.13. The monoisotopic (exact) mass is 400 g/mol. The number of oxazole rings is 1. The van der Waals surface area contributed by atoms with Gasteiger partial charge in [0.2, 0.25) is 0 Å². The predicted octanol–water partition coefficient (Wildman–Crippen LogP) is 3.23. The molecule has 152 valence electrons. The van der Waals surface area contributed by atoms with E-state index in [0.29, 0.717) is 54.1 Å². The number of nitrogens with zero attached hydrogens (tertiary/aromatic N) is 2. The van der Waals surface area contributed by atoms with Gasteiger partial charge in [-0.25, -0.2) is 9.18 Å². The summed E-state index contributed by atoms with van der Waals surface area (Å²) in [4.78, 5) is 27.0. The van der Waals surface area contributed by atoms with Crippen LogP contribution in [-0.4, -0.2) is 42.7 Å². The third kappa shape index (κ3) is 3.57. The molecule has 1 amide bonds. The molecule has 1 aliphatic rings. The van der Waals surface area contributed by atoms with E-state index in [1.54, 1.807) is 23.1 Å². The second-order valence-electron chi connectivity index (χ2n) is 6.97. The van der Waals surface area contributed by atoms with Gasteiger partial charge in [-0.15, -0.1) is 0 Å². The van der Waals surface area contributed by atoms with Crippen LogP contribution >= 0.6 is 0 Å². The van der Waals surface area contributed by atoms with Crippen LogP contribution in [0, 0.1) is 5.82 Å². The highest BCUT2D eigenvalue weighted by Crippen LogP contribution is 2.28. The molecule has 0 unspecified atom stereocenters. The van der Waals surface area contributed by atoms with Crippen molar-refractivity contribution >= 4 is 17.0 Å². The van der Waals surface area contributed by atoms with Crippen LogP contribution in [0.15, 0.2) is 45.6 Å². The lowest BCUT2D eigenvalue weighted by Gasteiger charge is -2.32. The molecule has 3 aromatic rings. The number of methoxy groups -OCH3 is 2. The van der Waals surface area contributed by atoms with Crippen LogP contribution in [0.2, 0.25) is 0 Å². The molecule has 1 saturated heterocycles. The summed E-state index contributed by atoms with van der Waals surface area (Å²) in [7, 11) is 3.06. The average molecular weight is 400 g/mol. The fraction of sp³-hybridized carbons (Fsp3) is 0.333. The van der Waals surface area contributed by atoms with Crippen LogP contribution in [0.1, 0.15) is 29.2 Å². The number of carbonyl (C=O) groups excluding carboxylic acids is 1. The molecule has 0 bridgehead atoms. The van der Waals surface area contributed by atoms with Gasteiger partial charge in [-0.1, -0.05) is 0 Å². The first kappa shape index (κ1) is 19.0. The van der Waals surface area contributed by atoms with E-state index < -0.39 is 11.6 Å². The molecule has 2 aromatic carbocycles. The van der Waals surface area contributed by atoms with Gasteiger partial charge in [0.25, 0.3) is 5.91 Å². The van der Waals surface area contributed by atoms with Crippen molar-refractivity contribution in [1.82, 2.24) is 9.47 Å². The third-order valence-electron chi connectivity index (χ3n) is 5.29. The quantitative estimate of drug-likeness (QED) is 0.672. The van der Waals surface area contributed by atoms with Gasteiger partial charge in [-0.05, 0) is 37.1 Å². The number of ether oxygens (including phenoxy) is 2.